The second kappa shape index (κ2) is 8.16. The van der Waals surface area contributed by atoms with E-state index in [0.29, 0.717) is 38.9 Å². The first-order valence-electron chi connectivity index (χ1n) is 9.40. The average Bonchev–Trinajstić information content (AvgIpc) is 3.10. The van der Waals surface area contributed by atoms with Crippen molar-refractivity contribution >= 4 is 11.6 Å². The molecule has 0 bridgehead atoms. The Morgan fingerprint density at radius 2 is 2.19 bits per heavy atom. The van der Waals surface area contributed by atoms with Crippen molar-refractivity contribution in [2.45, 2.75) is 58.1 Å². The van der Waals surface area contributed by atoms with Crippen LogP contribution in [0.3, 0.4) is 0 Å². The van der Waals surface area contributed by atoms with Crippen LogP contribution >= 0.6 is 0 Å². The molecule has 1 aromatic carbocycles. The van der Waals surface area contributed by atoms with E-state index in [9.17, 15) is 9.18 Å². The third-order valence-electron chi connectivity index (χ3n) is 5.43. The second-order valence-electron chi connectivity index (χ2n) is 7.36. The molecule has 1 N–H and O–H groups in total. The number of carbonyl (C=O) groups excluding carboxylic acids is 1. The molecule has 0 unspecified atom stereocenters. The van der Waals surface area contributed by atoms with Crippen LogP contribution < -0.4 is 5.32 Å². The zero-order valence-corrected chi connectivity index (χ0v) is 15.5. The van der Waals surface area contributed by atoms with Crippen LogP contribution in [0.5, 0.6) is 0 Å². The zero-order chi connectivity index (χ0) is 18.6. The molecule has 1 amide bonds. The summed E-state index contributed by atoms with van der Waals surface area (Å²) in [5.41, 5.74) is 0.982. The Hall–Kier alpha value is -1.95. The predicted octanol–water partition coefficient (Wildman–Crippen LogP) is 3.42. The number of carbonyl (C=O) groups is 1. The van der Waals surface area contributed by atoms with Gasteiger partial charge in [0.1, 0.15) is 11.9 Å². The number of nitrogens with one attached hydrogen (secondary N) is 1. The van der Waals surface area contributed by atoms with Gasteiger partial charge in [-0.25, -0.2) is 4.39 Å². The van der Waals surface area contributed by atoms with Crippen LogP contribution in [0.2, 0.25) is 0 Å². The molecule has 0 aromatic heterocycles. The maximum atomic E-state index is 13.4. The lowest BCUT2D eigenvalue weighted by atomic mass is 9.74. The summed E-state index contributed by atoms with van der Waals surface area (Å²) in [4.78, 5) is 18.6. The predicted molar refractivity (Wildman–Crippen MR) is 97.4 cm³/mol. The SMILES string of the molecule is CC[C@H](C)NC(=O)C1(C[C@@H]2CC(c3cccc(F)c3)=NO2)CCOCC1. The van der Waals surface area contributed by atoms with Crippen molar-refractivity contribution in [2.24, 2.45) is 10.6 Å². The van der Waals surface area contributed by atoms with Crippen molar-refractivity contribution in [1.29, 1.82) is 0 Å². The van der Waals surface area contributed by atoms with Crippen molar-refractivity contribution in [3.8, 4) is 0 Å². The van der Waals surface area contributed by atoms with Crippen molar-refractivity contribution in [1.82, 2.24) is 5.32 Å². The molecule has 0 aliphatic carbocycles. The van der Waals surface area contributed by atoms with Gasteiger partial charge in [-0.3, -0.25) is 4.79 Å². The van der Waals surface area contributed by atoms with Gasteiger partial charge in [0.05, 0.1) is 11.1 Å². The van der Waals surface area contributed by atoms with Gasteiger partial charge in [-0.05, 0) is 38.3 Å². The van der Waals surface area contributed by atoms with Crippen molar-refractivity contribution < 1.29 is 18.8 Å². The van der Waals surface area contributed by atoms with Crippen molar-refractivity contribution in [3.05, 3.63) is 35.6 Å². The third-order valence-corrected chi connectivity index (χ3v) is 5.43. The summed E-state index contributed by atoms with van der Waals surface area (Å²) in [5, 5.41) is 7.28. The van der Waals surface area contributed by atoms with E-state index in [4.69, 9.17) is 9.57 Å². The van der Waals surface area contributed by atoms with Crippen LogP contribution in [0.25, 0.3) is 0 Å². The molecule has 2 atom stereocenters. The highest BCUT2D eigenvalue weighted by atomic mass is 19.1. The fraction of sp³-hybridized carbons (Fsp3) is 0.600. The summed E-state index contributed by atoms with van der Waals surface area (Å²) >= 11 is 0. The summed E-state index contributed by atoms with van der Waals surface area (Å²) < 4.78 is 18.9. The molecule has 6 heteroatoms. The van der Waals surface area contributed by atoms with Crippen LogP contribution in [0.15, 0.2) is 29.4 Å². The summed E-state index contributed by atoms with van der Waals surface area (Å²) in [7, 11) is 0. The van der Waals surface area contributed by atoms with Crippen LogP contribution in [0.4, 0.5) is 4.39 Å². The molecule has 0 spiro atoms. The minimum Gasteiger partial charge on any atom is -0.392 e. The Morgan fingerprint density at radius 3 is 2.88 bits per heavy atom. The van der Waals surface area contributed by atoms with Gasteiger partial charge in [-0.15, -0.1) is 0 Å². The fourth-order valence-corrected chi connectivity index (χ4v) is 3.58. The third kappa shape index (κ3) is 4.23. The van der Waals surface area contributed by atoms with E-state index < -0.39 is 5.41 Å². The largest absolute Gasteiger partial charge is 0.392 e. The number of amides is 1. The first-order valence-corrected chi connectivity index (χ1v) is 9.40. The number of hydrogen-bond donors (Lipinski definition) is 1. The number of hydrogen-bond acceptors (Lipinski definition) is 4. The molecular formula is C20H27FN2O3. The number of rotatable bonds is 6. The summed E-state index contributed by atoms with van der Waals surface area (Å²) in [6, 6.07) is 6.51. The number of ether oxygens (including phenoxy) is 1. The molecule has 3 rings (SSSR count). The second-order valence-corrected chi connectivity index (χ2v) is 7.36. The lowest BCUT2D eigenvalue weighted by molar-refractivity contribution is -0.140. The van der Waals surface area contributed by atoms with Crippen molar-refractivity contribution in [3.63, 3.8) is 0 Å². The average molecular weight is 362 g/mol. The minimum atomic E-state index is -0.487. The normalized spacial score (nSPS) is 23.0. The van der Waals surface area contributed by atoms with Gasteiger partial charge in [0.15, 0.2) is 0 Å². The first kappa shape index (κ1) is 18.8. The molecule has 2 heterocycles. The van der Waals surface area contributed by atoms with E-state index in [1.807, 2.05) is 13.0 Å². The topological polar surface area (TPSA) is 59.9 Å². The zero-order valence-electron chi connectivity index (χ0n) is 15.5. The van der Waals surface area contributed by atoms with Gasteiger partial charge in [0.2, 0.25) is 5.91 Å². The highest BCUT2D eigenvalue weighted by molar-refractivity contribution is 6.01. The molecule has 26 heavy (non-hydrogen) atoms. The molecule has 5 nitrogen and oxygen atoms in total. The Balaban J connectivity index is 1.68. The molecule has 1 fully saturated rings. The van der Waals surface area contributed by atoms with Gasteiger partial charge in [-0.2, -0.15) is 0 Å². The van der Waals surface area contributed by atoms with Crippen LogP contribution in [0.1, 0.15) is 51.5 Å². The molecule has 1 aromatic rings. The molecular weight excluding hydrogens is 335 g/mol. The Labute approximate surface area is 153 Å². The maximum Gasteiger partial charge on any atom is 0.226 e. The number of nitrogens with zero attached hydrogens (tertiary/aromatic N) is 1. The van der Waals surface area contributed by atoms with Crippen molar-refractivity contribution in [2.75, 3.05) is 13.2 Å². The smallest absolute Gasteiger partial charge is 0.226 e. The number of oxime groups is 1. The monoisotopic (exact) mass is 362 g/mol. The van der Waals surface area contributed by atoms with Crippen LogP contribution in [0, 0.1) is 11.2 Å². The Kier molecular flexibility index (Phi) is 5.91. The summed E-state index contributed by atoms with van der Waals surface area (Å²) in [6.45, 7) is 5.24. The standard InChI is InChI=1S/C20H27FN2O3/c1-3-14(2)22-19(24)20(7-9-25-10-8-20)13-17-12-18(23-26-17)15-5-4-6-16(21)11-15/h4-6,11,14,17H,3,7-10,12-13H2,1-2H3,(H,22,24)/t14-,17-/m0/s1. The highest BCUT2D eigenvalue weighted by Gasteiger charge is 2.44. The van der Waals surface area contributed by atoms with E-state index in [2.05, 4.69) is 17.4 Å². The lowest BCUT2D eigenvalue weighted by Crippen LogP contribution is -2.48. The Bertz CT molecular complexity index is 671. The van der Waals surface area contributed by atoms with E-state index in [-0.39, 0.29) is 23.9 Å². The minimum absolute atomic E-state index is 0.0814. The van der Waals surface area contributed by atoms with Crippen LogP contribution in [-0.4, -0.2) is 37.0 Å². The maximum absolute atomic E-state index is 13.4. The molecule has 142 valence electrons. The van der Waals surface area contributed by atoms with E-state index in [1.165, 1.54) is 12.1 Å². The van der Waals surface area contributed by atoms with E-state index >= 15 is 0 Å². The number of halogens is 1. The molecule has 2 aliphatic rings. The lowest BCUT2D eigenvalue weighted by Gasteiger charge is -2.37. The van der Waals surface area contributed by atoms with Gasteiger partial charge < -0.3 is 14.9 Å². The van der Waals surface area contributed by atoms with E-state index in [0.717, 1.165) is 17.7 Å². The van der Waals surface area contributed by atoms with Gasteiger partial charge >= 0.3 is 0 Å². The van der Waals surface area contributed by atoms with Gasteiger partial charge in [0.25, 0.3) is 0 Å². The molecule has 0 radical (unpaired) electrons. The first-order chi connectivity index (χ1) is 12.5. The summed E-state index contributed by atoms with van der Waals surface area (Å²) in [6.07, 6.45) is 3.28. The highest BCUT2D eigenvalue weighted by Crippen LogP contribution is 2.38. The number of benzene rings is 1. The molecule has 1 saturated heterocycles. The molecule has 2 aliphatic heterocycles. The fourth-order valence-electron chi connectivity index (χ4n) is 3.58. The molecule has 0 saturated carbocycles. The Morgan fingerprint density at radius 1 is 1.42 bits per heavy atom. The van der Waals surface area contributed by atoms with Gasteiger partial charge in [0, 0.05) is 37.7 Å². The van der Waals surface area contributed by atoms with Crippen LogP contribution in [-0.2, 0) is 14.4 Å². The van der Waals surface area contributed by atoms with E-state index in [1.54, 1.807) is 6.07 Å². The summed E-state index contributed by atoms with van der Waals surface area (Å²) in [5.74, 6) is -0.208. The quantitative estimate of drug-likeness (QED) is 0.843. The van der Waals surface area contributed by atoms with Gasteiger partial charge in [-0.1, -0.05) is 24.2 Å².